The zero-order valence-corrected chi connectivity index (χ0v) is 15.7. The van der Waals surface area contributed by atoms with Gasteiger partial charge in [-0.25, -0.2) is 9.78 Å². The molecule has 1 aliphatic heterocycles. The van der Waals surface area contributed by atoms with Crippen LogP contribution >= 0.6 is 0 Å². The molecule has 0 spiro atoms. The molecule has 0 saturated heterocycles. The van der Waals surface area contributed by atoms with Gasteiger partial charge in [0.15, 0.2) is 11.5 Å². The number of para-hydroxylation sites is 2. The Balaban J connectivity index is 1.28. The Kier molecular flexibility index (Phi) is 4.20. The average Bonchev–Trinajstić information content (AvgIpc) is 3.36. The van der Waals surface area contributed by atoms with Gasteiger partial charge in [0.05, 0.1) is 17.2 Å². The molecule has 5 rings (SSSR count). The van der Waals surface area contributed by atoms with Crippen molar-refractivity contribution >= 4 is 17.0 Å². The van der Waals surface area contributed by atoms with Crippen molar-refractivity contribution in [3.05, 3.63) is 71.7 Å². The van der Waals surface area contributed by atoms with Crippen LogP contribution in [0.3, 0.4) is 0 Å². The number of ether oxygens (including phenoxy) is 2. The molecule has 0 fully saturated rings. The molecule has 0 radical (unpaired) electrons. The number of carbonyl (C=O) groups excluding carboxylic acids is 1. The molecule has 0 amide bonds. The lowest BCUT2D eigenvalue weighted by Gasteiger charge is -2.03. The minimum atomic E-state index is -0.562. The number of benzene rings is 2. The molecule has 4 aromatic rings. The third-order valence-electron chi connectivity index (χ3n) is 4.75. The second-order valence-corrected chi connectivity index (χ2v) is 6.96. The van der Waals surface area contributed by atoms with Crippen molar-refractivity contribution in [2.75, 3.05) is 0 Å². The quantitative estimate of drug-likeness (QED) is 0.490. The number of nitrogens with zero attached hydrogens (tertiary/aromatic N) is 3. The lowest BCUT2D eigenvalue weighted by Crippen LogP contribution is -2.08. The average molecular weight is 387 g/mol. The molecule has 0 bridgehead atoms. The van der Waals surface area contributed by atoms with E-state index in [9.17, 15) is 4.79 Å². The highest BCUT2D eigenvalue weighted by atomic mass is 16.5. The smallest absolute Gasteiger partial charge is 0.358 e. The van der Waals surface area contributed by atoms with E-state index in [0.717, 1.165) is 23.3 Å². The Morgan fingerprint density at radius 3 is 2.93 bits per heavy atom. The topological polar surface area (TPSA) is 87.3 Å². The lowest BCUT2D eigenvalue weighted by atomic mass is 10.1. The van der Waals surface area contributed by atoms with Crippen LogP contribution in [-0.4, -0.2) is 27.2 Å². The number of esters is 1. The summed E-state index contributed by atoms with van der Waals surface area (Å²) in [5.41, 5.74) is 4.07. The van der Waals surface area contributed by atoms with Gasteiger partial charge in [-0.1, -0.05) is 29.4 Å². The Labute approximate surface area is 166 Å². The predicted molar refractivity (Wildman–Crippen MR) is 104 cm³/mol. The molecule has 144 valence electrons. The van der Waals surface area contributed by atoms with Gasteiger partial charge in [0, 0.05) is 18.1 Å². The van der Waals surface area contributed by atoms with Crippen LogP contribution in [0.2, 0.25) is 0 Å². The number of carbonyl (C=O) groups is 1. The first-order valence-electron chi connectivity index (χ1n) is 9.30. The normalized spacial score (nSPS) is 15.1. The summed E-state index contributed by atoms with van der Waals surface area (Å²) < 4.78 is 16.5. The van der Waals surface area contributed by atoms with Gasteiger partial charge in [-0.15, -0.1) is 0 Å². The van der Waals surface area contributed by atoms with Crippen LogP contribution in [0.25, 0.3) is 22.4 Å². The molecular formula is C22H17N3O4. The predicted octanol–water partition coefficient (Wildman–Crippen LogP) is 3.97. The van der Waals surface area contributed by atoms with E-state index in [-0.39, 0.29) is 18.4 Å². The van der Waals surface area contributed by atoms with Gasteiger partial charge in [0.25, 0.3) is 0 Å². The third kappa shape index (κ3) is 3.42. The second-order valence-electron chi connectivity index (χ2n) is 6.96. The van der Waals surface area contributed by atoms with E-state index >= 15 is 0 Å². The molecule has 29 heavy (non-hydrogen) atoms. The fraction of sp³-hybridized carbons (Fsp3) is 0.182. The monoisotopic (exact) mass is 387 g/mol. The van der Waals surface area contributed by atoms with Crippen molar-refractivity contribution in [1.29, 1.82) is 0 Å². The van der Waals surface area contributed by atoms with Crippen LogP contribution in [0, 0.1) is 0 Å². The molecule has 1 unspecified atom stereocenters. The van der Waals surface area contributed by atoms with Crippen molar-refractivity contribution in [2.45, 2.75) is 26.1 Å². The van der Waals surface area contributed by atoms with Gasteiger partial charge in [0.2, 0.25) is 0 Å². The largest absolute Gasteiger partial charge is 0.490 e. The first kappa shape index (κ1) is 17.4. The highest BCUT2D eigenvalue weighted by Crippen LogP contribution is 2.33. The maximum Gasteiger partial charge on any atom is 0.358 e. The molecule has 7 heteroatoms. The van der Waals surface area contributed by atoms with Gasteiger partial charge in [-0.05, 0) is 30.7 Å². The van der Waals surface area contributed by atoms with Crippen molar-refractivity contribution in [2.24, 2.45) is 0 Å². The van der Waals surface area contributed by atoms with E-state index in [1.54, 1.807) is 12.1 Å². The van der Waals surface area contributed by atoms with E-state index in [2.05, 4.69) is 15.1 Å². The number of hydrogen-bond donors (Lipinski definition) is 0. The Hall–Kier alpha value is -3.74. The maximum atomic E-state index is 12.3. The zero-order chi connectivity index (χ0) is 19.8. The van der Waals surface area contributed by atoms with Gasteiger partial charge in [0.1, 0.15) is 24.2 Å². The highest BCUT2D eigenvalue weighted by molar-refractivity contribution is 5.89. The highest BCUT2D eigenvalue weighted by Gasteiger charge is 2.20. The van der Waals surface area contributed by atoms with Crippen molar-refractivity contribution in [3.8, 4) is 17.1 Å². The summed E-state index contributed by atoms with van der Waals surface area (Å²) in [7, 11) is 0. The minimum Gasteiger partial charge on any atom is -0.490 e. The van der Waals surface area contributed by atoms with Crippen molar-refractivity contribution < 1.29 is 18.8 Å². The van der Waals surface area contributed by atoms with Gasteiger partial charge >= 0.3 is 5.97 Å². The summed E-state index contributed by atoms with van der Waals surface area (Å²) in [4.78, 5) is 20.8. The molecule has 3 heterocycles. The first-order valence-corrected chi connectivity index (χ1v) is 9.30. The lowest BCUT2D eigenvalue weighted by molar-refractivity contribution is 0.0457. The van der Waals surface area contributed by atoms with Crippen molar-refractivity contribution in [1.82, 2.24) is 15.1 Å². The summed E-state index contributed by atoms with van der Waals surface area (Å²) in [6.45, 7) is 2.02. The van der Waals surface area contributed by atoms with Crippen molar-refractivity contribution in [3.63, 3.8) is 0 Å². The molecule has 7 nitrogen and oxygen atoms in total. The van der Waals surface area contributed by atoms with E-state index in [1.165, 1.54) is 11.8 Å². The summed E-state index contributed by atoms with van der Waals surface area (Å²) in [6.07, 6.45) is 2.50. The summed E-state index contributed by atoms with van der Waals surface area (Å²) in [5, 5.41) is 3.99. The standard InChI is InChI=1S/C22H17N3O4/c1-13-8-14-6-7-15(9-20(14)28-13)21-10-16(25-29-21)12-27-22(26)19-11-23-17-4-2-3-5-18(17)24-19/h2-7,9-11,13H,8,12H2,1H3. The number of hydrogen-bond acceptors (Lipinski definition) is 7. The van der Waals surface area contributed by atoms with E-state index < -0.39 is 5.97 Å². The number of rotatable bonds is 4. The van der Waals surface area contributed by atoms with Gasteiger partial charge < -0.3 is 14.0 Å². The number of fused-ring (bicyclic) bond motifs is 2. The molecule has 2 aromatic heterocycles. The minimum absolute atomic E-state index is 0.0185. The maximum absolute atomic E-state index is 12.3. The van der Waals surface area contributed by atoms with E-state index in [4.69, 9.17) is 14.0 Å². The second kappa shape index (κ2) is 7.01. The van der Waals surface area contributed by atoms with Crippen LogP contribution in [0.4, 0.5) is 0 Å². The van der Waals surface area contributed by atoms with Gasteiger partial charge in [-0.2, -0.15) is 0 Å². The molecule has 0 saturated carbocycles. The Morgan fingerprint density at radius 1 is 1.17 bits per heavy atom. The summed E-state index contributed by atoms with van der Waals surface area (Å²) in [6, 6.07) is 15.0. The van der Waals surface area contributed by atoms with Crippen LogP contribution in [-0.2, 0) is 17.8 Å². The van der Waals surface area contributed by atoms with Crippen LogP contribution in [0.15, 0.2) is 59.3 Å². The van der Waals surface area contributed by atoms with Crippen LogP contribution in [0.1, 0.15) is 28.7 Å². The molecular weight excluding hydrogens is 370 g/mol. The Morgan fingerprint density at radius 2 is 2.03 bits per heavy atom. The molecule has 0 aliphatic carbocycles. The zero-order valence-electron chi connectivity index (χ0n) is 15.7. The molecule has 2 aromatic carbocycles. The fourth-order valence-corrected chi connectivity index (χ4v) is 3.34. The van der Waals surface area contributed by atoms with Crippen LogP contribution in [0.5, 0.6) is 5.75 Å². The summed E-state index contributed by atoms with van der Waals surface area (Å²) in [5.74, 6) is 0.898. The fourth-order valence-electron chi connectivity index (χ4n) is 3.34. The third-order valence-corrected chi connectivity index (χ3v) is 4.75. The number of aromatic nitrogens is 3. The molecule has 1 aliphatic rings. The summed E-state index contributed by atoms with van der Waals surface area (Å²) >= 11 is 0. The molecule has 1 atom stereocenters. The van der Waals surface area contributed by atoms with E-state index in [0.29, 0.717) is 17.0 Å². The SMILES string of the molecule is CC1Cc2ccc(-c3cc(COC(=O)c4cnc5ccccc5n4)no3)cc2O1. The van der Waals surface area contributed by atoms with E-state index in [1.807, 2.05) is 43.3 Å². The molecule has 0 N–H and O–H groups in total. The first-order chi connectivity index (χ1) is 14.2. The van der Waals surface area contributed by atoms with Gasteiger partial charge in [-0.3, -0.25) is 4.98 Å². The Bertz CT molecular complexity index is 1220. The van der Waals surface area contributed by atoms with Crippen LogP contribution < -0.4 is 4.74 Å².